The second-order valence-electron chi connectivity index (χ2n) is 7.49. The Morgan fingerprint density at radius 1 is 1.15 bits per heavy atom. The summed E-state index contributed by atoms with van der Waals surface area (Å²) in [6.07, 6.45) is 1.63. The minimum atomic E-state index is -0.295. The van der Waals surface area contributed by atoms with Crippen LogP contribution in [-0.4, -0.2) is 29.2 Å². The van der Waals surface area contributed by atoms with Gasteiger partial charge in [-0.15, -0.1) is 11.3 Å². The lowest BCUT2D eigenvalue weighted by molar-refractivity contribution is 0.0951. The van der Waals surface area contributed by atoms with Gasteiger partial charge in [-0.1, -0.05) is 18.2 Å². The van der Waals surface area contributed by atoms with Crippen molar-refractivity contribution in [3.05, 3.63) is 82.3 Å². The maximum atomic E-state index is 12.5. The van der Waals surface area contributed by atoms with Crippen molar-refractivity contribution in [2.75, 3.05) is 12.4 Å². The molecule has 5 aromatic rings. The fourth-order valence-corrected chi connectivity index (χ4v) is 4.27. The van der Waals surface area contributed by atoms with Crippen LogP contribution in [0, 0.1) is 6.92 Å². The molecule has 1 amide bonds. The topological polar surface area (TPSA) is 91.4 Å². The predicted molar refractivity (Wildman–Crippen MR) is 134 cm³/mol. The largest absolute Gasteiger partial charge is 0.494 e. The van der Waals surface area contributed by atoms with Gasteiger partial charge >= 0.3 is 0 Å². The summed E-state index contributed by atoms with van der Waals surface area (Å²) in [7, 11) is 1.65. The number of H-pyrrole nitrogens is 1. The van der Waals surface area contributed by atoms with Crippen LogP contribution in [0.15, 0.2) is 71.1 Å². The number of nitrogens with zero attached hydrogens (tertiary/aromatic N) is 2. The smallest absolute Gasteiger partial charge is 0.287 e. The molecule has 0 aliphatic rings. The molecule has 3 aromatic heterocycles. The van der Waals surface area contributed by atoms with Crippen molar-refractivity contribution in [1.29, 1.82) is 0 Å². The first-order valence-electron chi connectivity index (χ1n) is 10.3. The number of amides is 1. The van der Waals surface area contributed by atoms with Crippen LogP contribution in [-0.2, 0) is 0 Å². The van der Waals surface area contributed by atoms with Gasteiger partial charge in [-0.2, -0.15) is 5.10 Å². The molecule has 7 nitrogen and oxygen atoms in total. The van der Waals surface area contributed by atoms with E-state index in [1.165, 1.54) is 0 Å². The summed E-state index contributed by atoms with van der Waals surface area (Å²) in [5.74, 6) is 0.439. The number of anilines is 2. The number of rotatable bonds is 6. The molecule has 0 bridgehead atoms. The van der Waals surface area contributed by atoms with Gasteiger partial charge in [0.15, 0.2) is 0 Å². The van der Waals surface area contributed by atoms with E-state index < -0.39 is 0 Å². The SMILES string of the molecule is COc1cccc2c(Nc3ccc4[nH]c(C(=O)N/N=C/c5cccs5)cc4c3)cc(C)nc12. The number of aromatic nitrogens is 2. The van der Waals surface area contributed by atoms with Gasteiger partial charge in [-0.3, -0.25) is 4.79 Å². The highest BCUT2D eigenvalue weighted by atomic mass is 32.1. The Balaban J connectivity index is 1.40. The van der Waals surface area contributed by atoms with Crippen LogP contribution in [0.4, 0.5) is 11.4 Å². The number of hydrogen-bond acceptors (Lipinski definition) is 6. The third-order valence-corrected chi connectivity index (χ3v) is 6.00. The summed E-state index contributed by atoms with van der Waals surface area (Å²) in [5, 5.41) is 11.4. The number of benzene rings is 2. The fraction of sp³-hybridized carbons (Fsp3) is 0.0800. The lowest BCUT2D eigenvalue weighted by Crippen LogP contribution is -2.17. The predicted octanol–water partition coefficient (Wildman–Crippen LogP) is 5.60. The third-order valence-electron chi connectivity index (χ3n) is 5.20. The maximum absolute atomic E-state index is 12.5. The van der Waals surface area contributed by atoms with Gasteiger partial charge in [0.1, 0.15) is 17.0 Å². The lowest BCUT2D eigenvalue weighted by Gasteiger charge is -2.13. The van der Waals surface area contributed by atoms with Gasteiger partial charge < -0.3 is 15.0 Å². The molecule has 0 aliphatic heterocycles. The average molecular weight is 456 g/mol. The molecule has 3 N–H and O–H groups in total. The number of hydrazone groups is 1. The Morgan fingerprint density at radius 3 is 2.88 bits per heavy atom. The first kappa shape index (κ1) is 20.7. The van der Waals surface area contributed by atoms with E-state index in [0.717, 1.165) is 49.5 Å². The van der Waals surface area contributed by atoms with Crippen molar-refractivity contribution in [3.63, 3.8) is 0 Å². The molecule has 0 saturated heterocycles. The number of fused-ring (bicyclic) bond motifs is 2. The van der Waals surface area contributed by atoms with Crippen molar-refractivity contribution < 1.29 is 9.53 Å². The first-order valence-corrected chi connectivity index (χ1v) is 11.2. The highest BCUT2D eigenvalue weighted by Crippen LogP contribution is 2.32. The molecule has 0 unspecified atom stereocenters. The molecule has 0 saturated carbocycles. The number of nitrogens with one attached hydrogen (secondary N) is 3. The minimum absolute atomic E-state index is 0.295. The second-order valence-corrected chi connectivity index (χ2v) is 8.47. The van der Waals surface area contributed by atoms with E-state index >= 15 is 0 Å². The summed E-state index contributed by atoms with van der Waals surface area (Å²) in [4.78, 5) is 21.2. The van der Waals surface area contributed by atoms with Gasteiger partial charge in [0.2, 0.25) is 0 Å². The summed E-state index contributed by atoms with van der Waals surface area (Å²) in [6.45, 7) is 1.96. The van der Waals surface area contributed by atoms with Gasteiger partial charge in [-0.05, 0) is 54.8 Å². The zero-order valence-corrected chi connectivity index (χ0v) is 18.9. The van der Waals surface area contributed by atoms with Crippen LogP contribution in [0.25, 0.3) is 21.8 Å². The van der Waals surface area contributed by atoms with E-state index in [2.05, 4.69) is 25.8 Å². The van der Waals surface area contributed by atoms with Crippen LogP contribution >= 0.6 is 11.3 Å². The molecule has 0 atom stereocenters. The quantitative estimate of drug-likeness (QED) is 0.229. The van der Waals surface area contributed by atoms with Crippen LogP contribution in [0.1, 0.15) is 21.1 Å². The van der Waals surface area contributed by atoms with E-state index in [-0.39, 0.29) is 5.91 Å². The monoisotopic (exact) mass is 455 g/mol. The summed E-state index contributed by atoms with van der Waals surface area (Å²) in [6, 6.07) is 19.5. The van der Waals surface area contributed by atoms with E-state index in [1.54, 1.807) is 24.7 Å². The highest BCUT2D eigenvalue weighted by Gasteiger charge is 2.11. The van der Waals surface area contributed by atoms with E-state index in [4.69, 9.17) is 4.74 Å². The molecular formula is C25H21N5O2S. The van der Waals surface area contributed by atoms with E-state index in [0.29, 0.717) is 5.69 Å². The van der Waals surface area contributed by atoms with Crippen molar-refractivity contribution in [1.82, 2.24) is 15.4 Å². The molecule has 5 rings (SSSR count). The van der Waals surface area contributed by atoms with Gasteiger partial charge in [-0.25, -0.2) is 10.4 Å². The molecule has 164 valence electrons. The standard InChI is InChI=1S/C25H21N5O2S/c1-15-11-21(19-6-3-7-23(32-2)24(19)27-15)28-17-8-9-20-16(12-17)13-22(29-20)25(31)30-26-14-18-5-4-10-33-18/h3-14,29H,1-2H3,(H,27,28)(H,30,31)/b26-14+. The van der Waals surface area contributed by atoms with E-state index in [1.807, 2.05) is 73.0 Å². The van der Waals surface area contributed by atoms with Crippen molar-refractivity contribution in [3.8, 4) is 5.75 Å². The Hall–Kier alpha value is -4.17. The van der Waals surface area contributed by atoms with E-state index in [9.17, 15) is 4.79 Å². The highest BCUT2D eigenvalue weighted by molar-refractivity contribution is 7.11. The zero-order chi connectivity index (χ0) is 22.8. The number of methoxy groups -OCH3 is 1. The molecule has 3 heterocycles. The summed E-state index contributed by atoms with van der Waals surface area (Å²) in [5.41, 5.74) is 7.41. The summed E-state index contributed by atoms with van der Waals surface area (Å²) >= 11 is 1.55. The number of hydrogen-bond donors (Lipinski definition) is 3. The number of para-hydroxylation sites is 1. The second kappa shape index (κ2) is 8.76. The first-order chi connectivity index (χ1) is 16.1. The Labute approximate surface area is 194 Å². The van der Waals surface area contributed by atoms with Crippen LogP contribution in [0.3, 0.4) is 0 Å². The Bertz CT molecular complexity index is 1490. The Kier molecular flexibility index (Phi) is 5.50. The molecular weight excluding hydrogens is 434 g/mol. The van der Waals surface area contributed by atoms with Crippen molar-refractivity contribution in [2.45, 2.75) is 6.92 Å². The molecule has 0 radical (unpaired) electrons. The number of thiophene rings is 1. The lowest BCUT2D eigenvalue weighted by atomic mass is 10.1. The third kappa shape index (κ3) is 4.28. The average Bonchev–Trinajstić information content (AvgIpc) is 3.48. The van der Waals surface area contributed by atoms with Crippen molar-refractivity contribution >= 4 is 56.6 Å². The molecule has 2 aromatic carbocycles. The van der Waals surface area contributed by atoms with Gasteiger partial charge in [0.05, 0.1) is 13.3 Å². The Morgan fingerprint density at radius 2 is 2.06 bits per heavy atom. The zero-order valence-electron chi connectivity index (χ0n) is 18.0. The van der Waals surface area contributed by atoms with Gasteiger partial charge in [0.25, 0.3) is 5.91 Å². The minimum Gasteiger partial charge on any atom is -0.494 e. The number of carbonyl (C=O) groups is 1. The molecule has 0 spiro atoms. The number of pyridine rings is 1. The van der Waals surface area contributed by atoms with Crippen LogP contribution < -0.4 is 15.5 Å². The maximum Gasteiger partial charge on any atom is 0.287 e. The van der Waals surface area contributed by atoms with Gasteiger partial charge in [0, 0.05) is 38.2 Å². The fourth-order valence-electron chi connectivity index (χ4n) is 3.69. The molecule has 0 fully saturated rings. The van der Waals surface area contributed by atoms with Crippen molar-refractivity contribution in [2.24, 2.45) is 5.10 Å². The normalized spacial score (nSPS) is 11.3. The number of carbonyl (C=O) groups excluding carboxylic acids is 1. The van der Waals surface area contributed by atoms with Crippen LogP contribution in [0.5, 0.6) is 5.75 Å². The number of ether oxygens (including phenoxy) is 1. The molecule has 0 aliphatic carbocycles. The summed E-state index contributed by atoms with van der Waals surface area (Å²) < 4.78 is 5.48. The number of aryl methyl sites for hydroxylation is 1. The molecule has 33 heavy (non-hydrogen) atoms. The molecule has 8 heteroatoms. The number of aromatic amines is 1. The van der Waals surface area contributed by atoms with Crippen LogP contribution in [0.2, 0.25) is 0 Å².